The van der Waals surface area contributed by atoms with Gasteiger partial charge in [-0.1, -0.05) is 11.3 Å². The van der Waals surface area contributed by atoms with Gasteiger partial charge in [0.05, 0.1) is 11.1 Å². The molecule has 0 aliphatic rings. The van der Waals surface area contributed by atoms with Gasteiger partial charge in [-0.15, -0.1) is 0 Å². The van der Waals surface area contributed by atoms with Gasteiger partial charge in [0, 0.05) is 5.38 Å². The van der Waals surface area contributed by atoms with Crippen LogP contribution in [0.1, 0.15) is 11.1 Å². The van der Waals surface area contributed by atoms with Crippen LogP contribution in [-0.2, 0) is 12.4 Å². The van der Waals surface area contributed by atoms with Gasteiger partial charge in [0.25, 0.3) is 0 Å². The van der Waals surface area contributed by atoms with Crippen molar-refractivity contribution in [3.8, 4) is 10.8 Å². The molecule has 0 saturated carbocycles. The van der Waals surface area contributed by atoms with Crippen LogP contribution >= 0.6 is 11.3 Å². The lowest BCUT2D eigenvalue weighted by Crippen LogP contribution is -2.16. The molecule has 1 aromatic heterocycles. The van der Waals surface area contributed by atoms with E-state index >= 15 is 0 Å². The van der Waals surface area contributed by atoms with E-state index in [1.807, 2.05) is 0 Å². The van der Waals surface area contributed by atoms with Gasteiger partial charge < -0.3 is 4.74 Å². The average Bonchev–Trinajstić information content (AvgIpc) is 2.79. The Hall–Kier alpha value is -1.70. The summed E-state index contributed by atoms with van der Waals surface area (Å²) in [5.41, 5.74) is -3.52. The minimum Gasteiger partial charge on any atom is -0.447 e. The Bertz CT molecular complexity index is 585. The Morgan fingerprint density at radius 1 is 0.900 bits per heavy atom. The average molecular weight is 311 g/mol. The number of rotatable bonds is 2. The number of halogens is 6. The zero-order valence-electron chi connectivity index (χ0n) is 9.47. The standard InChI is InChI=1S/C12H5F6OS/c13-11(14,15)8-4-3-7(6-9(8)12(16,17)18)19-10-2-1-5-20-10/h1-4,6H. The largest absolute Gasteiger partial charge is 0.447 e. The highest BCUT2D eigenvalue weighted by Gasteiger charge is 2.43. The third-order valence-electron chi connectivity index (χ3n) is 2.27. The van der Waals surface area contributed by atoms with Gasteiger partial charge in [-0.25, -0.2) is 0 Å². The highest BCUT2D eigenvalue weighted by Crippen LogP contribution is 2.42. The molecule has 0 atom stereocenters. The van der Waals surface area contributed by atoms with Crippen molar-refractivity contribution in [1.29, 1.82) is 0 Å². The second kappa shape index (κ2) is 5.01. The molecular weight excluding hydrogens is 306 g/mol. The molecule has 20 heavy (non-hydrogen) atoms. The van der Waals surface area contributed by atoms with Gasteiger partial charge in [0.15, 0.2) is 5.06 Å². The van der Waals surface area contributed by atoms with E-state index in [4.69, 9.17) is 4.74 Å². The molecule has 0 aliphatic carbocycles. The van der Waals surface area contributed by atoms with Gasteiger partial charge in [-0.2, -0.15) is 26.3 Å². The summed E-state index contributed by atoms with van der Waals surface area (Å²) in [6.45, 7) is 0. The van der Waals surface area contributed by atoms with Crippen LogP contribution in [0.3, 0.4) is 0 Å². The second-order valence-corrected chi connectivity index (χ2v) is 4.52. The molecule has 8 heteroatoms. The first-order chi connectivity index (χ1) is 9.18. The van der Waals surface area contributed by atoms with Crippen LogP contribution in [0.4, 0.5) is 26.3 Å². The number of hydrogen-bond acceptors (Lipinski definition) is 2. The number of alkyl halides is 6. The van der Waals surface area contributed by atoms with Crippen molar-refractivity contribution >= 4 is 11.3 Å². The van der Waals surface area contributed by atoms with Crippen LogP contribution in [0.25, 0.3) is 0 Å². The summed E-state index contributed by atoms with van der Waals surface area (Å²) in [5.74, 6) is -0.318. The first-order valence-corrected chi connectivity index (χ1v) is 5.92. The van der Waals surface area contributed by atoms with E-state index in [1.54, 1.807) is 0 Å². The van der Waals surface area contributed by atoms with Gasteiger partial charge in [-0.3, -0.25) is 0 Å². The Morgan fingerprint density at radius 3 is 2.05 bits per heavy atom. The molecule has 0 amide bonds. The Morgan fingerprint density at radius 2 is 1.55 bits per heavy atom. The predicted molar refractivity (Wildman–Crippen MR) is 59.7 cm³/mol. The summed E-state index contributed by atoms with van der Waals surface area (Å²) in [7, 11) is 0. The number of hydrogen-bond donors (Lipinski definition) is 0. The molecule has 2 aromatic rings. The van der Waals surface area contributed by atoms with E-state index in [9.17, 15) is 26.3 Å². The van der Waals surface area contributed by atoms with Gasteiger partial charge in [-0.05, 0) is 30.3 Å². The highest BCUT2D eigenvalue weighted by atomic mass is 32.1. The Balaban J connectivity index is 2.44. The number of benzene rings is 1. The minimum absolute atomic E-state index is 0.234. The molecule has 1 radical (unpaired) electrons. The first-order valence-electron chi connectivity index (χ1n) is 5.10. The molecule has 1 heterocycles. The Kier molecular flexibility index (Phi) is 3.68. The normalized spacial score (nSPS) is 12.5. The molecule has 0 fully saturated rings. The lowest BCUT2D eigenvalue weighted by molar-refractivity contribution is -0.162. The molecule has 0 aliphatic heterocycles. The lowest BCUT2D eigenvalue weighted by atomic mass is 10.1. The highest BCUT2D eigenvalue weighted by molar-refractivity contribution is 7.11. The van der Waals surface area contributed by atoms with E-state index in [0.717, 1.165) is 17.4 Å². The third-order valence-corrected chi connectivity index (χ3v) is 2.94. The summed E-state index contributed by atoms with van der Waals surface area (Å²) >= 11 is 0.990. The molecule has 0 bridgehead atoms. The zero-order chi connectivity index (χ0) is 15.0. The van der Waals surface area contributed by atoms with Gasteiger partial charge in [0.2, 0.25) is 0 Å². The van der Waals surface area contributed by atoms with Crippen molar-refractivity contribution in [2.24, 2.45) is 0 Å². The smallest absolute Gasteiger partial charge is 0.417 e. The van der Waals surface area contributed by atoms with E-state index in [-0.39, 0.29) is 10.8 Å². The van der Waals surface area contributed by atoms with Crippen LogP contribution < -0.4 is 4.74 Å². The van der Waals surface area contributed by atoms with Gasteiger partial charge in [0.1, 0.15) is 5.75 Å². The van der Waals surface area contributed by atoms with Gasteiger partial charge >= 0.3 is 12.4 Å². The summed E-state index contributed by atoms with van der Waals surface area (Å²) < 4.78 is 80.7. The lowest BCUT2D eigenvalue weighted by Gasteiger charge is -2.16. The molecule has 0 spiro atoms. The van der Waals surface area contributed by atoms with Crippen molar-refractivity contribution in [1.82, 2.24) is 0 Å². The molecule has 0 N–H and O–H groups in total. The second-order valence-electron chi connectivity index (χ2n) is 3.68. The zero-order valence-corrected chi connectivity index (χ0v) is 10.3. The number of thiophene rings is 1. The van der Waals surface area contributed by atoms with E-state index < -0.39 is 23.5 Å². The monoisotopic (exact) mass is 311 g/mol. The maximum absolute atomic E-state index is 12.7. The molecule has 2 rings (SSSR count). The van der Waals surface area contributed by atoms with Crippen LogP contribution in [0.5, 0.6) is 10.8 Å². The fourth-order valence-corrected chi connectivity index (χ4v) is 1.99. The summed E-state index contributed by atoms with van der Waals surface area (Å²) in [6, 6.07) is 4.46. The molecule has 0 saturated heterocycles. The fraction of sp³-hybridized carbons (Fsp3) is 0.167. The molecule has 1 aromatic carbocycles. The maximum Gasteiger partial charge on any atom is 0.417 e. The van der Waals surface area contributed by atoms with Crippen molar-refractivity contribution < 1.29 is 31.1 Å². The van der Waals surface area contributed by atoms with Crippen LogP contribution in [0, 0.1) is 5.38 Å². The van der Waals surface area contributed by atoms with E-state index in [0.29, 0.717) is 12.1 Å². The Labute approximate surface area is 113 Å². The molecule has 107 valence electrons. The maximum atomic E-state index is 12.7. The van der Waals surface area contributed by atoms with Crippen LogP contribution in [0.15, 0.2) is 30.3 Å². The number of ether oxygens (including phenoxy) is 1. The van der Waals surface area contributed by atoms with Crippen LogP contribution in [0.2, 0.25) is 0 Å². The third kappa shape index (κ3) is 3.24. The fourth-order valence-electron chi connectivity index (χ4n) is 1.47. The predicted octanol–water partition coefficient (Wildman–Crippen LogP) is 5.38. The van der Waals surface area contributed by atoms with Crippen molar-refractivity contribution in [3.63, 3.8) is 0 Å². The van der Waals surface area contributed by atoms with Crippen molar-refractivity contribution in [3.05, 3.63) is 46.8 Å². The summed E-state index contributed by atoms with van der Waals surface area (Å²) in [4.78, 5) is 0. The molecule has 1 nitrogen and oxygen atoms in total. The quantitative estimate of drug-likeness (QED) is 0.677. The summed E-state index contributed by atoms with van der Waals surface area (Å²) in [5, 5.41) is 2.88. The van der Waals surface area contributed by atoms with E-state index in [1.165, 1.54) is 12.1 Å². The minimum atomic E-state index is -5.12. The topological polar surface area (TPSA) is 9.23 Å². The van der Waals surface area contributed by atoms with E-state index in [2.05, 4.69) is 5.38 Å². The SMILES string of the molecule is FC(F)(F)c1ccc(Oc2cc[c]s2)cc1C(F)(F)F. The summed E-state index contributed by atoms with van der Waals surface area (Å²) in [6.07, 6.45) is -10.2. The first kappa shape index (κ1) is 14.7. The van der Waals surface area contributed by atoms with Crippen LogP contribution in [-0.4, -0.2) is 0 Å². The molecular formula is C12H5F6OS. The van der Waals surface area contributed by atoms with Crippen molar-refractivity contribution in [2.45, 2.75) is 12.4 Å². The molecule has 0 unspecified atom stereocenters. The van der Waals surface area contributed by atoms with Crippen molar-refractivity contribution in [2.75, 3.05) is 0 Å².